The van der Waals surface area contributed by atoms with Crippen molar-refractivity contribution < 1.29 is 23.1 Å². The van der Waals surface area contributed by atoms with Crippen LogP contribution in [0.5, 0.6) is 0 Å². The minimum absolute atomic E-state index is 0.0411. The number of benzene rings is 2. The summed E-state index contributed by atoms with van der Waals surface area (Å²) in [6.45, 7) is 7.68. The molecule has 3 amide bonds. The summed E-state index contributed by atoms with van der Waals surface area (Å²) >= 11 is 0. The molecule has 3 aliphatic rings. The molecule has 11 heteroatoms. The quantitative estimate of drug-likeness (QED) is 0.325. The summed E-state index contributed by atoms with van der Waals surface area (Å²) in [5.74, 6) is 0.160. The Morgan fingerprint density at radius 2 is 1.71 bits per heavy atom. The number of urea groups is 1. The summed E-state index contributed by atoms with van der Waals surface area (Å²) in [4.78, 5) is 32.9. The van der Waals surface area contributed by atoms with Crippen LogP contribution in [-0.4, -0.2) is 92.5 Å². The zero-order valence-corrected chi connectivity index (χ0v) is 27.1. The summed E-state index contributed by atoms with van der Waals surface area (Å²) in [6, 6.07) is 16.1. The summed E-state index contributed by atoms with van der Waals surface area (Å²) < 4.78 is 26.3. The minimum Gasteiger partial charge on any atom is -0.383 e. The molecule has 2 aromatic rings. The van der Waals surface area contributed by atoms with Gasteiger partial charge in [0.1, 0.15) is 5.60 Å². The lowest BCUT2D eigenvalue weighted by atomic mass is 9.83. The van der Waals surface area contributed by atoms with Gasteiger partial charge >= 0.3 is 6.03 Å². The number of amides is 3. The van der Waals surface area contributed by atoms with Crippen LogP contribution in [0.2, 0.25) is 0 Å². The molecule has 2 saturated heterocycles. The van der Waals surface area contributed by atoms with Gasteiger partial charge < -0.3 is 25.1 Å². The topological polar surface area (TPSA) is 122 Å². The van der Waals surface area contributed by atoms with Gasteiger partial charge in [-0.15, -0.1) is 6.58 Å². The third kappa shape index (κ3) is 7.60. The molecular formula is C34H47N5O5S. The molecule has 10 nitrogen and oxygen atoms in total. The molecule has 3 N–H and O–H groups in total. The molecule has 2 atom stereocenters. The number of hydrogen-bond acceptors (Lipinski definition) is 6. The number of sulfonamides is 1. The van der Waals surface area contributed by atoms with Crippen molar-refractivity contribution >= 4 is 22.0 Å². The number of rotatable bonds is 11. The Labute approximate surface area is 267 Å². The molecule has 0 radical (unpaired) electrons. The fourth-order valence-corrected chi connectivity index (χ4v) is 7.94. The summed E-state index contributed by atoms with van der Waals surface area (Å²) in [7, 11) is -2.15. The van der Waals surface area contributed by atoms with Gasteiger partial charge in [-0.2, -0.15) is 0 Å². The number of nitrogens with one attached hydrogen (secondary N) is 2. The van der Waals surface area contributed by atoms with Crippen molar-refractivity contribution in [1.29, 1.82) is 0 Å². The number of nitrogens with zero attached hydrogens (tertiary/aromatic N) is 3. The van der Waals surface area contributed by atoms with E-state index in [9.17, 15) is 23.1 Å². The summed E-state index contributed by atoms with van der Waals surface area (Å²) in [5.41, 5.74) is 0.560. The number of likely N-dealkylation sites (tertiary alicyclic amines) is 2. The molecule has 3 fully saturated rings. The lowest BCUT2D eigenvalue weighted by molar-refractivity contribution is -0.135. The van der Waals surface area contributed by atoms with Gasteiger partial charge in [-0.1, -0.05) is 61.4 Å². The second-order valence-electron chi connectivity index (χ2n) is 12.7. The van der Waals surface area contributed by atoms with Crippen molar-refractivity contribution in [2.75, 3.05) is 46.3 Å². The van der Waals surface area contributed by atoms with Gasteiger partial charge in [0.25, 0.3) is 0 Å². The minimum atomic E-state index is -3.52. The molecule has 1 aliphatic carbocycles. The predicted octanol–water partition coefficient (Wildman–Crippen LogP) is 3.29. The molecule has 2 aromatic carbocycles. The standard InChI is InChI=1S/C34H47N5O5S/c1-3-19-39(33(41)36-22-26-13-15-31(16-14-26)45(43,44)35-2)30-17-20-37(21-18-30)23-29-24-38(32(40)27-9-7-8-10-27)25-34(29,42)28-11-5-4-6-12-28/h3-6,11-16,27,29-30,35,42H,1,7-10,17-25H2,2H3,(H,36,41)/t29-,34-/m0/s1. The molecule has 45 heavy (non-hydrogen) atoms. The number of aliphatic hydroxyl groups is 1. The van der Waals surface area contributed by atoms with E-state index in [1.807, 2.05) is 40.1 Å². The maximum absolute atomic E-state index is 13.4. The SMILES string of the molecule is C=CCN(C(=O)NCc1ccc(S(=O)(=O)NC)cc1)C1CCN(C[C@H]2CN(C(=O)C3CCCC3)C[C@]2(O)c2ccccc2)CC1. The molecule has 244 valence electrons. The smallest absolute Gasteiger partial charge is 0.318 e. The molecule has 5 rings (SSSR count). The Bertz CT molecular complexity index is 1420. The molecule has 2 heterocycles. The fraction of sp³-hybridized carbons (Fsp3) is 0.529. The normalized spacial score (nSPS) is 23.2. The molecular weight excluding hydrogens is 590 g/mol. The van der Waals surface area contributed by atoms with Crippen LogP contribution < -0.4 is 10.0 Å². The number of hydrogen-bond donors (Lipinski definition) is 3. The first-order valence-electron chi connectivity index (χ1n) is 16.1. The van der Waals surface area contributed by atoms with Crippen LogP contribution in [0.25, 0.3) is 0 Å². The largest absolute Gasteiger partial charge is 0.383 e. The highest BCUT2D eigenvalue weighted by atomic mass is 32.2. The lowest BCUT2D eigenvalue weighted by Crippen LogP contribution is -2.52. The first kappa shape index (κ1) is 33.1. The maximum Gasteiger partial charge on any atom is 0.318 e. The van der Waals surface area contributed by atoms with E-state index in [0.29, 0.717) is 26.2 Å². The first-order chi connectivity index (χ1) is 21.6. The number of β-amino-alcohol motifs (C(OH)–C–C–N with tert-alkyl or cyclic N) is 1. The van der Waals surface area contributed by atoms with E-state index in [2.05, 4.69) is 21.5 Å². The van der Waals surface area contributed by atoms with E-state index in [1.54, 1.807) is 18.2 Å². The van der Waals surface area contributed by atoms with E-state index in [1.165, 1.54) is 19.2 Å². The summed E-state index contributed by atoms with van der Waals surface area (Å²) in [6.07, 6.45) is 7.40. The highest BCUT2D eigenvalue weighted by Gasteiger charge is 2.49. The third-order valence-corrected chi connectivity index (χ3v) is 11.3. The van der Waals surface area contributed by atoms with Crippen LogP contribution in [-0.2, 0) is 27.0 Å². The molecule has 0 aromatic heterocycles. The van der Waals surface area contributed by atoms with Gasteiger partial charge in [-0.3, -0.25) is 4.79 Å². The fourth-order valence-electron chi connectivity index (χ4n) is 7.21. The van der Waals surface area contributed by atoms with Crippen LogP contribution in [0.1, 0.15) is 49.7 Å². The van der Waals surface area contributed by atoms with Gasteiger partial charge in [-0.05, 0) is 56.0 Å². The Morgan fingerprint density at radius 1 is 1.04 bits per heavy atom. The van der Waals surface area contributed by atoms with Crippen molar-refractivity contribution in [3.8, 4) is 0 Å². The second-order valence-corrected chi connectivity index (χ2v) is 14.6. The van der Waals surface area contributed by atoms with Crippen LogP contribution in [0.3, 0.4) is 0 Å². The first-order valence-corrected chi connectivity index (χ1v) is 17.6. The van der Waals surface area contributed by atoms with Crippen molar-refractivity contribution in [2.45, 2.75) is 61.6 Å². The maximum atomic E-state index is 13.4. The van der Waals surface area contributed by atoms with Crippen LogP contribution in [0, 0.1) is 11.8 Å². The van der Waals surface area contributed by atoms with Gasteiger partial charge in [0, 0.05) is 57.1 Å². The lowest BCUT2D eigenvalue weighted by Gasteiger charge is -2.40. The second kappa shape index (κ2) is 14.5. The molecule has 0 spiro atoms. The van der Waals surface area contributed by atoms with Crippen LogP contribution in [0.15, 0.2) is 72.1 Å². The molecule has 2 aliphatic heterocycles. The third-order valence-electron chi connectivity index (χ3n) is 9.85. The summed E-state index contributed by atoms with van der Waals surface area (Å²) in [5, 5.41) is 15.1. The van der Waals surface area contributed by atoms with Crippen molar-refractivity contribution in [1.82, 2.24) is 24.7 Å². The number of carbonyl (C=O) groups is 2. The Hall–Kier alpha value is -3.25. The van der Waals surface area contributed by atoms with E-state index in [0.717, 1.165) is 62.7 Å². The van der Waals surface area contributed by atoms with Crippen LogP contribution in [0.4, 0.5) is 4.79 Å². The van der Waals surface area contributed by atoms with E-state index >= 15 is 0 Å². The number of carbonyl (C=O) groups excluding carboxylic acids is 2. The van der Waals surface area contributed by atoms with Crippen LogP contribution >= 0.6 is 0 Å². The zero-order chi connectivity index (χ0) is 32.0. The number of piperidine rings is 1. The van der Waals surface area contributed by atoms with Gasteiger partial charge in [0.05, 0.1) is 11.4 Å². The van der Waals surface area contributed by atoms with E-state index in [-0.39, 0.29) is 41.3 Å². The van der Waals surface area contributed by atoms with Gasteiger partial charge in [0.15, 0.2) is 0 Å². The molecule has 0 bridgehead atoms. The van der Waals surface area contributed by atoms with Crippen molar-refractivity contribution in [3.05, 3.63) is 78.4 Å². The van der Waals surface area contributed by atoms with E-state index < -0.39 is 15.6 Å². The average molecular weight is 638 g/mol. The monoisotopic (exact) mass is 637 g/mol. The van der Waals surface area contributed by atoms with Crippen molar-refractivity contribution in [2.24, 2.45) is 11.8 Å². The molecule has 0 unspecified atom stereocenters. The van der Waals surface area contributed by atoms with Gasteiger partial charge in [0.2, 0.25) is 15.9 Å². The zero-order valence-electron chi connectivity index (χ0n) is 26.2. The average Bonchev–Trinajstić information content (AvgIpc) is 3.72. The Balaban J connectivity index is 1.18. The highest BCUT2D eigenvalue weighted by molar-refractivity contribution is 7.89. The Morgan fingerprint density at radius 3 is 2.33 bits per heavy atom. The van der Waals surface area contributed by atoms with Gasteiger partial charge in [-0.25, -0.2) is 17.9 Å². The highest BCUT2D eigenvalue weighted by Crippen LogP contribution is 2.40. The predicted molar refractivity (Wildman–Crippen MR) is 174 cm³/mol. The Kier molecular flexibility index (Phi) is 10.6. The van der Waals surface area contributed by atoms with E-state index in [4.69, 9.17) is 0 Å². The van der Waals surface area contributed by atoms with Crippen molar-refractivity contribution in [3.63, 3.8) is 0 Å². The molecule has 1 saturated carbocycles.